The number of nitrogens with zero attached hydrogens (tertiary/aromatic N) is 2. The minimum absolute atomic E-state index is 0.0176. The van der Waals surface area contributed by atoms with E-state index < -0.39 is 11.9 Å². The van der Waals surface area contributed by atoms with Gasteiger partial charge in [-0.25, -0.2) is 4.68 Å². The summed E-state index contributed by atoms with van der Waals surface area (Å²) in [6.45, 7) is 4.37. The van der Waals surface area contributed by atoms with Crippen molar-refractivity contribution < 1.29 is 14.7 Å². The fourth-order valence-corrected chi connectivity index (χ4v) is 3.12. The standard InChI is InChI=1S/C22H23N3O4/c1-14(2)13-25-22(29)18-9-4-3-8-17(18)20(24-25)21(28)23-16-7-5-6-15(12-16)10-11-19(26)27/h3-9,12,14H,10-11,13H2,1-2H3,(H,23,28)(H,26,27). The van der Waals surface area contributed by atoms with Crippen LogP contribution in [0.4, 0.5) is 5.69 Å². The van der Waals surface area contributed by atoms with E-state index in [1.807, 2.05) is 19.9 Å². The number of anilines is 1. The quantitative estimate of drug-likeness (QED) is 0.641. The van der Waals surface area contributed by atoms with E-state index in [-0.39, 0.29) is 23.6 Å². The number of hydrogen-bond donors (Lipinski definition) is 2. The lowest BCUT2D eigenvalue weighted by atomic mass is 10.1. The Morgan fingerprint density at radius 3 is 2.52 bits per heavy atom. The lowest BCUT2D eigenvalue weighted by Gasteiger charge is -2.13. The Labute approximate surface area is 168 Å². The molecule has 0 radical (unpaired) electrons. The molecule has 3 rings (SSSR count). The van der Waals surface area contributed by atoms with E-state index in [4.69, 9.17) is 5.11 Å². The minimum Gasteiger partial charge on any atom is -0.481 e. The molecule has 0 aliphatic carbocycles. The molecular weight excluding hydrogens is 370 g/mol. The van der Waals surface area contributed by atoms with Crippen molar-refractivity contribution in [3.05, 3.63) is 70.1 Å². The van der Waals surface area contributed by atoms with Gasteiger partial charge in [-0.1, -0.05) is 44.2 Å². The summed E-state index contributed by atoms with van der Waals surface area (Å²) in [6, 6.07) is 14.0. The molecular formula is C22H23N3O4. The second-order valence-electron chi connectivity index (χ2n) is 7.32. The molecule has 0 spiro atoms. The summed E-state index contributed by atoms with van der Waals surface area (Å²) in [5.74, 6) is -1.10. The predicted octanol–water partition coefficient (Wildman–Crippen LogP) is 3.32. The van der Waals surface area contributed by atoms with E-state index in [9.17, 15) is 14.4 Å². The third-order valence-electron chi connectivity index (χ3n) is 4.43. The summed E-state index contributed by atoms with van der Waals surface area (Å²) in [5, 5.41) is 16.9. The van der Waals surface area contributed by atoms with Crippen LogP contribution in [0.2, 0.25) is 0 Å². The molecule has 0 bridgehead atoms. The molecule has 1 heterocycles. The molecule has 2 N–H and O–H groups in total. The Hall–Kier alpha value is -3.48. The van der Waals surface area contributed by atoms with Crippen molar-refractivity contribution in [3.8, 4) is 0 Å². The Balaban J connectivity index is 1.95. The molecule has 0 atom stereocenters. The highest BCUT2D eigenvalue weighted by Gasteiger charge is 2.17. The maximum Gasteiger partial charge on any atom is 0.303 e. The van der Waals surface area contributed by atoms with Crippen LogP contribution >= 0.6 is 0 Å². The predicted molar refractivity (Wildman–Crippen MR) is 111 cm³/mol. The molecule has 0 saturated heterocycles. The number of hydrogen-bond acceptors (Lipinski definition) is 4. The van der Waals surface area contributed by atoms with E-state index in [1.165, 1.54) is 4.68 Å². The molecule has 1 amide bonds. The number of fused-ring (bicyclic) bond motifs is 1. The van der Waals surface area contributed by atoms with Crippen LogP contribution in [-0.2, 0) is 17.8 Å². The summed E-state index contributed by atoms with van der Waals surface area (Å²) in [5.41, 5.74) is 1.32. The van der Waals surface area contributed by atoms with Crippen LogP contribution in [0.1, 0.15) is 36.3 Å². The highest BCUT2D eigenvalue weighted by atomic mass is 16.4. The number of benzene rings is 2. The fraction of sp³-hybridized carbons (Fsp3) is 0.273. The summed E-state index contributed by atoms with van der Waals surface area (Å²) in [6.07, 6.45) is 0.392. The largest absolute Gasteiger partial charge is 0.481 e. The van der Waals surface area contributed by atoms with E-state index >= 15 is 0 Å². The number of aryl methyl sites for hydroxylation is 1. The number of carboxylic acid groups (broad SMARTS) is 1. The Bertz CT molecular complexity index is 1120. The van der Waals surface area contributed by atoms with Crippen molar-refractivity contribution in [3.63, 3.8) is 0 Å². The van der Waals surface area contributed by atoms with Crippen molar-refractivity contribution >= 4 is 28.3 Å². The second kappa shape index (κ2) is 8.68. The number of aromatic nitrogens is 2. The number of carbonyl (C=O) groups is 2. The first kappa shape index (κ1) is 20.3. The summed E-state index contributed by atoms with van der Waals surface area (Å²) in [7, 11) is 0. The molecule has 2 aromatic carbocycles. The fourth-order valence-electron chi connectivity index (χ4n) is 3.12. The van der Waals surface area contributed by atoms with Crippen molar-refractivity contribution in [2.75, 3.05) is 5.32 Å². The summed E-state index contributed by atoms with van der Waals surface area (Å²) in [4.78, 5) is 36.4. The Kier molecular flexibility index (Phi) is 6.07. The normalized spacial score (nSPS) is 11.0. The van der Waals surface area contributed by atoms with Crippen LogP contribution in [0, 0.1) is 5.92 Å². The molecule has 0 aliphatic heterocycles. The van der Waals surface area contributed by atoms with Gasteiger partial charge in [-0.3, -0.25) is 14.4 Å². The number of carboxylic acids is 1. The Morgan fingerprint density at radius 2 is 1.83 bits per heavy atom. The topological polar surface area (TPSA) is 101 Å². The SMILES string of the molecule is CC(C)Cn1nc(C(=O)Nc2cccc(CCC(=O)O)c2)c2ccccc2c1=O. The molecule has 0 fully saturated rings. The van der Waals surface area contributed by atoms with Gasteiger partial charge in [-0.2, -0.15) is 5.10 Å². The second-order valence-corrected chi connectivity index (χ2v) is 7.32. The van der Waals surface area contributed by atoms with Gasteiger partial charge >= 0.3 is 5.97 Å². The highest BCUT2D eigenvalue weighted by molar-refractivity contribution is 6.11. The lowest BCUT2D eigenvalue weighted by Crippen LogP contribution is -2.29. The van der Waals surface area contributed by atoms with Gasteiger partial charge in [0.25, 0.3) is 11.5 Å². The third-order valence-corrected chi connectivity index (χ3v) is 4.43. The van der Waals surface area contributed by atoms with Gasteiger partial charge in [-0.15, -0.1) is 0 Å². The van der Waals surface area contributed by atoms with Gasteiger partial charge in [0.15, 0.2) is 5.69 Å². The minimum atomic E-state index is -0.873. The van der Waals surface area contributed by atoms with Crippen LogP contribution in [-0.4, -0.2) is 26.8 Å². The number of amides is 1. The first-order chi connectivity index (χ1) is 13.8. The molecule has 0 saturated carbocycles. The maximum absolute atomic E-state index is 13.0. The van der Waals surface area contributed by atoms with Crippen LogP contribution < -0.4 is 10.9 Å². The third kappa shape index (κ3) is 4.87. The highest BCUT2D eigenvalue weighted by Crippen LogP contribution is 2.17. The van der Waals surface area contributed by atoms with Gasteiger partial charge in [-0.05, 0) is 36.1 Å². The zero-order valence-electron chi connectivity index (χ0n) is 16.4. The number of aliphatic carboxylic acids is 1. The van der Waals surface area contributed by atoms with E-state index in [0.717, 1.165) is 5.56 Å². The maximum atomic E-state index is 13.0. The first-order valence-electron chi connectivity index (χ1n) is 9.47. The van der Waals surface area contributed by atoms with Gasteiger partial charge in [0, 0.05) is 24.0 Å². The molecule has 0 unspecified atom stereocenters. The van der Waals surface area contributed by atoms with Crippen molar-refractivity contribution in [2.45, 2.75) is 33.2 Å². The average molecular weight is 393 g/mol. The number of nitrogens with one attached hydrogen (secondary N) is 1. The summed E-state index contributed by atoms with van der Waals surface area (Å²) >= 11 is 0. The first-order valence-corrected chi connectivity index (χ1v) is 9.47. The van der Waals surface area contributed by atoms with Gasteiger partial charge in [0.2, 0.25) is 0 Å². The number of carbonyl (C=O) groups excluding carboxylic acids is 1. The molecule has 7 nitrogen and oxygen atoms in total. The van der Waals surface area contributed by atoms with Crippen LogP contribution in [0.3, 0.4) is 0 Å². The van der Waals surface area contributed by atoms with Gasteiger partial charge in [0.05, 0.1) is 5.39 Å². The number of rotatable bonds is 7. The van der Waals surface area contributed by atoms with E-state index in [1.54, 1.807) is 42.5 Å². The lowest BCUT2D eigenvalue weighted by molar-refractivity contribution is -0.136. The Morgan fingerprint density at radius 1 is 1.10 bits per heavy atom. The van der Waals surface area contributed by atoms with E-state index in [0.29, 0.717) is 29.4 Å². The van der Waals surface area contributed by atoms with Crippen LogP contribution in [0.5, 0.6) is 0 Å². The molecule has 3 aromatic rings. The van der Waals surface area contributed by atoms with Crippen LogP contribution in [0.15, 0.2) is 53.3 Å². The molecule has 7 heteroatoms. The zero-order valence-corrected chi connectivity index (χ0v) is 16.4. The van der Waals surface area contributed by atoms with Crippen molar-refractivity contribution in [1.82, 2.24) is 9.78 Å². The average Bonchev–Trinajstić information content (AvgIpc) is 2.68. The van der Waals surface area contributed by atoms with E-state index in [2.05, 4.69) is 10.4 Å². The van der Waals surface area contributed by atoms with Gasteiger partial charge in [0.1, 0.15) is 0 Å². The van der Waals surface area contributed by atoms with Crippen molar-refractivity contribution in [2.24, 2.45) is 5.92 Å². The monoisotopic (exact) mass is 393 g/mol. The van der Waals surface area contributed by atoms with Gasteiger partial charge < -0.3 is 10.4 Å². The van der Waals surface area contributed by atoms with Crippen LogP contribution in [0.25, 0.3) is 10.8 Å². The molecule has 0 aliphatic rings. The molecule has 1 aromatic heterocycles. The molecule has 150 valence electrons. The smallest absolute Gasteiger partial charge is 0.303 e. The molecule has 29 heavy (non-hydrogen) atoms. The summed E-state index contributed by atoms with van der Waals surface area (Å²) < 4.78 is 1.34. The van der Waals surface area contributed by atoms with Crippen molar-refractivity contribution in [1.29, 1.82) is 0 Å². The zero-order chi connectivity index (χ0) is 21.0.